The van der Waals surface area contributed by atoms with E-state index >= 15 is 0 Å². The van der Waals surface area contributed by atoms with Crippen LogP contribution in [-0.2, 0) is 0 Å². The van der Waals surface area contributed by atoms with Crippen molar-refractivity contribution in [2.45, 2.75) is 0 Å². The second kappa shape index (κ2) is 9.21. The normalized spacial score (nSPS) is 8.55. The van der Waals surface area contributed by atoms with E-state index in [-0.39, 0.29) is 48.8 Å². The average Bonchev–Trinajstić information content (AvgIpc) is 2.46. The third-order valence-corrected chi connectivity index (χ3v) is 2.59. The third kappa shape index (κ3) is 5.49. The molecule has 0 saturated heterocycles. The Bertz CT molecular complexity index is 649. The molecule has 0 N–H and O–H groups in total. The van der Waals surface area contributed by atoms with Crippen LogP contribution in [0.3, 0.4) is 0 Å². The number of rotatable bonds is 2. The summed E-state index contributed by atoms with van der Waals surface area (Å²) in [5.41, 5.74) is 1.49. The Labute approximate surface area is 151 Å². The molecule has 0 aliphatic rings. The summed E-state index contributed by atoms with van der Waals surface area (Å²) in [5.74, 6) is 3.23. The summed E-state index contributed by atoms with van der Waals surface area (Å²) >= 11 is 0. The smallest absolute Gasteiger partial charge is 0.545 e. The van der Waals surface area contributed by atoms with Crippen molar-refractivity contribution in [3.8, 4) is 11.8 Å². The molecule has 4 nitrogen and oxygen atoms in total. The molecule has 2 aromatic carbocycles. The van der Waals surface area contributed by atoms with E-state index in [2.05, 4.69) is 11.8 Å². The van der Waals surface area contributed by atoms with Gasteiger partial charge in [0, 0.05) is 11.1 Å². The Morgan fingerprint density at radius 3 is 1.14 bits per heavy atom. The summed E-state index contributed by atoms with van der Waals surface area (Å²) in [6.07, 6.45) is 0. The second-order valence-corrected chi connectivity index (χ2v) is 3.98. The molecule has 0 heterocycles. The van der Waals surface area contributed by atoms with E-state index in [9.17, 15) is 19.8 Å². The first-order valence-corrected chi connectivity index (χ1v) is 5.71. The molecule has 0 aliphatic carbocycles. The van der Waals surface area contributed by atoms with Gasteiger partial charge < -0.3 is 19.8 Å². The number of carbonyl (C=O) groups is 2. The van der Waals surface area contributed by atoms with Crippen LogP contribution in [0.5, 0.6) is 0 Å². The fourth-order valence-corrected chi connectivity index (χ4v) is 1.52. The maximum atomic E-state index is 10.6. The minimum atomic E-state index is -1.23. The number of carboxylic acid groups (broad SMARTS) is 2. The summed E-state index contributed by atoms with van der Waals surface area (Å²) in [6, 6.07) is 12.0. The average molecular weight is 278 g/mol. The molecular formula is C16H8Li2O4. The zero-order chi connectivity index (χ0) is 14.5. The standard InChI is InChI=1S/C16H10O4.2Li/c17-15(18)13-7-3-11(4-8-13)1-2-12-5-9-14(10-6-12)16(19)20;;/h3-10H,(H,17,18)(H,19,20);;/q;2*+1/p-2. The Kier molecular flexibility index (Phi) is 8.43. The molecule has 0 bridgehead atoms. The van der Waals surface area contributed by atoms with Gasteiger partial charge in [-0.15, -0.1) is 0 Å². The van der Waals surface area contributed by atoms with E-state index in [1.54, 1.807) is 24.3 Å². The first kappa shape index (κ1) is 20.1. The van der Waals surface area contributed by atoms with Crippen LogP contribution in [0.4, 0.5) is 0 Å². The quantitative estimate of drug-likeness (QED) is 0.404. The second-order valence-electron chi connectivity index (χ2n) is 3.98. The third-order valence-electron chi connectivity index (χ3n) is 2.59. The van der Waals surface area contributed by atoms with Crippen molar-refractivity contribution in [3.05, 3.63) is 70.8 Å². The number of aromatic carboxylic acids is 2. The molecule has 0 spiro atoms. The maximum absolute atomic E-state index is 10.6. The number of hydrogen-bond donors (Lipinski definition) is 0. The molecule has 6 heteroatoms. The van der Waals surface area contributed by atoms with E-state index in [4.69, 9.17) is 0 Å². The van der Waals surface area contributed by atoms with Gasteiger partial charge in [0.15, 0.2) is 0 Å². The molecule has 2 aromatic rings. The zero-order valence-electron chi connectivity index (χ0n) is 12.3. The number of carboxylic acids is 2. The molecule has 0 radical (unpaired) electrons. The molecular weight excluding hydrogens is 270 g/mol. The first-order valence-electron chi connectivity index (χ1n) is 5.71. The largest absolute Gasteiger partial charge is 1.00 e. The number of benzene rings is 2. The van der Waals surface area contributed by atoms with Crippen LogP contribution in [0, 0.1) is 11.8 Å². The minimum Gasteiger partial charge on any atom is -0.545 e. The van der Waals surface area contributed by atoms with Crippen molar-refractivity contribution < 1.29 is 57.5 Å². The maximum Gasteiger partial charge on any atom is 1.00 e. The molecule has 0 fully saturated rings. The van der Waals surface area contributed by atoms with Crippen molar-refractivity contribution in [1.82, 2.24) is 0 Å². The van der Waals surface area contributed by atoms with E-state index in [0.29, 0.717) is 11.1 Å². The van der Waals surface area contributed by atoms with Gasteiger partial charge in [-0.2, -0.15) is 0 Å². The fraction of sp³-hybridized carbons (Fsp3) is 0. The van der Waals surface area contributed by atoms with Gasteiger partial charge in [-0.3, -0.25) is 0 Å². The SMILES string of the molecule is O=C([O-])c1ccc(C#Cc2ccc(C(=O)[O-])cc2)cc1.[Li+].[Li+]. The van der Waals surface area contributed by atoms with Gasteiger partial charge in [-0.05, 0) is 35.4 Å². The van der Waals surface area contributed by atoms with Gasteiger partial charge in [0.25, 0.3) is 0 Å². The predicted octanol–water partition coefficient (Wildman–Crippen LogP) is -6.18. The van der Waals surface area contributed by atoms with Gasteiger partial charge in [0.1, 0.15) is 0 Å². The van der Waals surface area contributed by atoms with Crippen LogP contribution in [0.1, 0.15) is 31.8 Å². The van der Waals surface area contributed by atoms with Crippen molar-refractivity contribution in [2.75, 3.05) is 0 Å². The molecule has 0 unspecified atom stereocenters. The summed E-state index contributed by atoms with van der Waals surface area (Å²) in [6.45, 7) is 0. The van der Waals surface area contributed by atoms with Crippen molar-refractivity contribution >= 4 is 11.9 Å². The van der Waals surface area contributed by atoms with Gasteiger partial charge in [0.2, 0.25) is 0 Å². The number of carbonyl (C=O) groups excluding carboxylic acids is 2. The van der Waals surface area contributed by atoms with Crippen LogP contribution >= 0.6 is 0 Å². The van der Waals surface area contributed by atoms with Crippen molar-refractivity contribution in [3.63, 3.8) is 0 Å². The molecule has 98 valence electrons. The van der Waals surface area contributed by atoms with Gasteiger partial charge >= 0.3 is 37.7 Å². The van der Waals surface area contributed by atoms with Crippen LogP contribution in [0.2, 0.25) is 0 Å². The Morgan fingerprint density at radius 2 is 0.909 bits per heavy atom. The Balaban J connectivity index is 0.00000220. The van der Waals surface area contributed by atoms with E-state index < -0.39 is 11.9 Å². The van der Waals surface area contributed by atoms with Crippen LogP contribution < -0.4 is 47.9 Å². The van der Waals surface area contributed by atoms with E-state index in [1.807, 2.05) is 0 Å². The Morgan fingerprint density at radius 1 is 0.636 bits per heavy atom. The van der Waals surface area contributed by atoms with Gasteiger partial charge in [0.05, 0.1) is 11.9 Å². The topological polar surface area (TPSA) is 80.3 Å². The molecule has 0 amide bonds. The molecule has 0 saturated carbocycles. The predicted molar refractivity (Wildman–Crippen MR) is 67.5 cm³/mol. The molecule has 2 rings (SSSR count). The number of hydrogen-bond acceptors (Lipinski definition) is 4. The monoisotopic (exact) mass is 278 g/mol. The zero-order valence-corrected chi connectivity index (χ0v) is 12.3. The van der Waals surface area contributed by atoms with Crippen molar-refractivity contribution in [1.29, 1.82) is 0 Å². The Hall–Kier alpha value is -1.87. The fourth-order valence-electron chi connectivity index (χ4n) is 1.52. The molecule has 0 atom stereocenters. The summed E-state index contributed by atoms with van der Waals surface area (Å²) in [4.78, 5) is 21.2. The van der Waals surface area contributed by atoms with E-state index in [0.717, 1.165) is 0 Å². The summed E-state index contributed by atoms with van der Waals surface area (Å²) < 4.78 is 0. The summed E-state index contributed by atoms with van der Waals surface area (Å²) in [7, 11) is 0. The van der Waals surface area contributed by atoms with E-state index in [1.165, 1.54) is 24.3 Å². The first-order chi connectivity index (χ1) is 9.56. The van der Waals surface area contributed by atoms with Gasteiger partial charge in [-0.1, -0.05) is 36.1 Å². The van der Waals surface area contributed by atoms with Crippen LogP contribution in [0.25, 0.3) is 0 Å². The van der Waals surface area contributed by atoms with Crippen LogP contribution in [-0.4, -0.2) is 11.9 Å². The molecule has 22 heavy (non-hydrogen) atoms. The summed E-state index contributed by atoms with van der Waals surface area (Å²) in [5, 5.41) is 21.2. The minimum absolute atomic E-state index is 0. The van der Waals surface area contributed by atoms with Gasteiger partial charge in [-0.25, -0.2) is 0 Å². The molecule has 0 aliphatic heterocycles. The van der Waals surface area contributed by atoms with Crippen molar-refractivity contribution in [2.24, 2.45) is 0 Å². The van der Waals surface area contributed by atoms with Crippen LogP contribution in [0.15, 0.2) is 48.5 Å². The molecule has 0 aromatic heterocycles.